The highest BCUT2D eigenvalue weighted by molar-refractivity contribution is 5.92. The molecule has 1 N–H and O–H groups in total. The standard InChI is InChI=1S/C23H24N4O2/c1-17-14-21(28)22(25-27(17)20-10-6-3-7-11-20)23(29)24-15-18-12-13-26(16-18)19-8-4-2-5-9-19/h2-11,14,18H,12-13,15-16H2,1H3,(H,24,29). The molecule has 1 aliphatic rings. The Morgan fingerprint density at radius 3 is 2.41 bits per heavy atom. The topological polar surface area (TPSA) is 67.2 Å². The van der Waals surface area contributed by atoms with Gasteiger partial charge in [0.1, 0.15) is 0 Å². The first-order valence-electron chi connectivity index (χ1n) is 9.86. The maximum atomic E-state index is 12.7. The SMILES string of the molecule is Cc1cc(=O)c(C(=O)NCC2CCN(c3ccccc3)C2)nn1-c1ccccc1. The van der Waals surface area contributed by atoms with Crippen molar-refractivity contribution in [1.82, 2.24) is 15.1 Å². The van der Waals surface area contributed by atoms with E-state index in [0.29, 0.717) is 18.2 Å². The summed E-state index contributed by atoms with van der Waals surface area (Å²) in [5.74, 6) is -0.0706. The second-order valence-corrected chi connectivity index (χ2v) is 7.39. The molecule has 29 heavy (non-hydrogen) atoms. The number of anilines is 1. The van der Waals surface area contributed by atoms with Crippen molar-refractivity contribution in [1.29, 1.82) is 0 Å². The van der Waals surface area contributed by atoms with Crippen molar-refractivity contribution < 1.29 is 4.79 Å². The molecule has 0 aliphatic carbocycles. The zero-order chi connectivity index (χ0) is 20.2. The predicted octanol–water partition coefficient (Wildman–Crippen LogP) is 2.80. The average molecular weight is 388 g/mol. The van der Waals surface area contributed by atoms with Gasteiger partial charge in [0.15, 0.2) is 5.69 Å². The molecular weight excluding hydrogens is 364 g/mol. The molecule has 1 saturated heterocycles. The number of rotatable bonds is 5. The van der Waals surface area contributed by atoms with Crippen LogP contribution in [0.4, 0.5) is 5.69 Å². The Labute approximate surface area is 169 Å². The van der Waals surface area contributed by atoms with Crippen LogP contribution >= 0.6 is 0 Å². The summed E-state index contributed by atoms with van der Waals surface area (Å²) in [5.41, 5.74) is 2.27. The van der Waals surface area contributed by atoms with Crippen LogP contribution in [0.5, 0.6) is 0 Å². The Balaban J connectivity index is 1.43. The normalized spacial score (nSPS) is 16.0. The average Bonchev–Trinajstić information content (AvgIpc) is 3.22. The van der Waals surface area contributed by atoms with Gasteiger partial charge < -0.3 is 10.2 Å². The van der Waals surface area contributed by atoms with Crippen molar-refractivity contribution in [3.63, 3.8) is 0 Å². The Morgan fingerprint density at radius 1 is 1.07 bits per heavy atom. The molecule has 1 fully saturated rings. The van der Waals surface area contributed by atoms with E-state index in [1.54, 1.807) is 11.6 Å². The maximum absolute atomic E-state index is 12.7. The van der Waals surface area contributed by atoms with Crippen LogP contribution < -0.4 is 15.6 Å². The number of nitrogens with one attached hydrogen (secondary N) is 1. The molecule has 2 heterocycles. The quantitative estimate of drug-likeness (QED) is 0.730. The molecule has 0 radical (unpaired) electrons. The van der Waals surface area contributed by atoms with Gasteiger partial charge in [-0.15, -0.1) is 0 Å². The van der Waals surface area contributed by atoms with Gasteiger partial charge in [0.2, 0.25) is 5.43 Å². The van der Waals surface area contributed by atoms with Gasteiger partial charge in [-0.25, -0.2) is 4.68 Å². The molecule has 0 bridgehead atoms. The Hall–Kier alpha value is -3.41. The first-order valence-corrected chi connectivity index (χ1v) is 9.86. The Kier molecular flexibility index (Phi) is 5.42. The van der Waals surface area contributed by atoms with Crippen LogP contribution in [0.3, 0.4) is 0 Å². The van der Waals surface area contributed by atoms with Gasteiger partial charge in [-0.1, -0.05) is 36.4 Å². The largest absolute Gasteiger partial charge is 0.371 e. The lowest BCUT2D eigenvalue weighted by Gasteiger charge is -2.18. The number of para-hydroxylation sites is 2. The van der Waals surface area contributed by atoms with E-state index in [1.165, 1.54) is 11.8 Å². The van der Waals surface area contributed by atoms with E-state index in [1.807, 2.05) is 48.5 Å². The molecule has 2 aromatic carbocycles. The summed E-state index contributed by atoms with van der Waals surface area (Å²) in [6, 6.07) is 21.2. The fourth-order valence-corrected chi connectivity index (χ4v) is 3.73. The summed E-state index contributed by atoms with van der Waals surface area (Å²) < 4.78 is 1.63. The second kappa shape index (κ2) is 8.31. The summed E-state index contributed by atoms with van der Waals surface area (Å²) in [6.07, 6.45) is 1.00. The van der Waals surface area contributed by atoms with Gasteiger partial charge >= 0.3 is 0 Å². The number of amides is 1. The fraction of sp³-hybridized carbons (Fsp3) is 0.261. The smallest absolute Gasteiger partial charge is 0.275 e. The minimum absolute atomic E-state index is 0.0719. The van der Waals surface area contributed by atoms with Gasteiger partial charge in [0, 0.05) is 37.1 Å². The van der Waals surface area contributed by atoms with Gasteiger partial charge in [-0.05, 0) is 43.5 Å². The van der Waals surface area contributed by atoms with Crippen molar-refractivity contribution in [2.75, 3.05) is 24.5 Å². The van der Waals surface area contributed by atoms with Gasteiger partial charge in [0.25, 0.3) is 5.91 Å². The highest BCUT2D eigenvalue weighted by Gasteiger charge is 2.24. The monoisotopic (exact) mass is 388 g/mol. The molecule has 6 nitrogen and oxygen atoms in total. The summed E-state index contributed by atoms with van der Waals surface area (Å²) >= 11 is 0. The molecule has 1 aliphatic heterocycles. The molecule has 4 rings (SSSR count). The molecule has 1 unspecified atom stereocenters. The van der Waals surface area contributed by atoms with E-state index >= 15 is 0 Å². The van der Waals surface area contributed by atoms with E-state index in [4.69, 9.17) is 0 Å². The molecule has 1 atom stereocenters. The lowest BCUT2D eigenvalue weighted by molar-refractivity contribution is 0.0940. The zero-order valence-electron chi connectivity index (χ0n) is 16.4. The number of hydrogen-bond acceptors (Lipinski definition) is 4. The highest BCUT2D eigenvalue weighted by atomic mass is 16.2. The molecule has 3 aromatic rings. The van der Waals surface area contributed by atoms with E-state index < -0.39 is 5.91 Å². The third-order valence-electron chi connectivity index (χ3n) is 5.28. The number of carbonyl (C=O) groups excluding carboxylic acids is 1. The van der Waals surface area contributed by atoms with Crippen LogP contribution in [0, 0.1) is 12.8 Å². The lowest BCUT2D eigenvalue weighted by atomic mass is 10.1. The Bertz CT molecular complexity index is 1050. The van der Waals surface area contributed by atoms with Gasteiger partial charge in [-0.3, -0.25) is 9.59 Å². The molecule has 6 heteroatoms. The molecular formula is C23H24N4O2. The van der Waals surface area contributed by atoms with Crippen molar-refractivity contribution in [3.8, 4) is 5.69 Å². The Morgan fingerprint density at radius 2 is 1.72 bits per heavy atom. The molecule has 1 aromatic heterocycles. The summed E-state index contributed by atoms with van der Waals surface area (Å²) in [7, 11) is 0. The van der Waals surface area contributed by atoms with Gasteiger partial charge in [0.05, 0.1) is 5.69 Å². The third-order valence-corrected chi connectivity index (χ3v) is 5.28. The van der Waals surface area contributed by atoms with Crippen molar-refractivity contribution in [3.05, 3.63) is 88.3 Å². The summed E-state index contributed by atoms with van der Waals surface area (Å²) in [4.78, 5) is 27.3. The zero-order valence-corrected chi connectivity index (χ0v) is 16.4. The van der Waals surface area contributed by atoms with Crippen molar-refractivity contribution >= 4 is 11.6 Å². The molecule has 0 spiro atoms. The second-order valence-electron chi connectivity index (χ2n) is 7.39. The number of benzene rings is 2. The van der Waals surface area contributed by atoms with Crippen LogP contribution in [0.15, 0.2) is 71.5 Å². The minimum atomic E-state index is -0.419. The van der Waals surface area contributed by atoms with Crippen LogP contribution in [-0.2, 0) is 0 Å². The van der Waals surface area contributed by atoms with E-state index in [9.17, 15) is 9.59 Å². The van der Waals surface area contributed by atoms with Crippen molar-refractivity contribution in [2.45, 2.75) is 13.3 Å². The first-order chi connectivity index (χ1) is 14.1. The predicted molar refractivity (Wildman–Crippen MR) is 114 cm³/mol. The highest BCUT2D eigenvalue weighted by Crippen LogP contribution is 2.23. The van der Waals surface area contributed by atoms with Gasteiger partial charge in [-0.2, -0.15) is 5.10 Å². The third kappa shape index (κ3) is 4.21. The maximum Gasteiger partial charge on any atom is 0.275 e. The lowest BCUT2D eigenvalue weighted by Crippen LogP contribution is -2.35. The van der Waals surface area contributed by atoms with E-state index in [2.05, 4.69) is 27.4 Å². The van der Waals surface area contributed by atoms with E-state index in [-0.39, 0.29) is 11.1 Å². The number of aromatic nitrogens is 2. The minimum Gasteiger partial charge on any atom is -0.371 e. The molecule has 1 amide bonds. The number of nitrogens with zero attached hydrogens (tertiary/aromatic N) is 3. The first kappa shape index (κ1) is 18.9. The van der Waals surface area contributed by atoms with E-state index in [0.717, 1.165) is 25.2 Å². The number of carbonyl (C=O) groups is 1. The summed E-state index contributed by atoms with van der Waals surface area (Å²) in [5, 5.41) is 7.24. The van der Waals surface area contributed by atoms with Crippen LogP contribution in [0.2, 0.25) is 0 Å². The number of aryl methyl sites for hydroxylation is 1. The molecule has 148 valence electrons. The van der Waals surface area contributed by atoms with Crippen LogP contribution in [0.1, 0.15) is 22.6 Å². The van der Waals surface area contributed by atoms with Crippen molar-refractivity contribution in [2.24, 2.45) is 5.92 Å². The van der Waals surface area contributed by atoms with Crippen LogP contribution in [0.25, 0.3) is 5.69 Å². The number of hydrogen-bond donors (Lipinski definition) is 1. The van der Waals surface area contributed by atoms with Crippen LogP contribution in [-0.4, -0.2) is 35.3 Å². The summed E-state index contributed by atoms with van der Waals surface area (Å²) in [6.45, 7) is 4.19. The molecule has 0 saturated carbocycles. The fourth-order valence-electron chi connectivity index (χ4n) is 3.73.